The van der Waals surface area contributed by atoms with E-state index in [0.717, 1.165) is 10.1 Å². The number of aliphatic hydroxyl groups excluding tert-OH is 1. The molecule has 180 valence electrons. The van der Waals surface area contributed by atoms with Gasteiger partial charge in [-0.15, -0.1) is 0 Å². The number of hydrogen-bond donors (Lipinski definition) is 3. The molecule has 33 heavy (non-hydrogen) atoms. The zero-order chi connectivity index (χ0) is 24.2. The van der Waals surface area contributed by atoms with Crippen LogP contribution in [0.1, 0.15) is 32.6 Å². The van der Waals surface area contributed by atoms with Gasteiger partial charge in [0, 0.05) is 12.1 Å². The molecule has 11 heteroatoms. The average Bonchev–Trinajstić information content (AvgIpc) is 3.00. The van der Waals surface area contributed by atoms with Gasteiger partial charge in [0.2, 0.25) is 6.41 Å². The van der Waals surface area contributed by atoms with E-state index in [1.165, 1.54) is 26.1 Å². The monoisotopic (exact) mass is 464 g/mol. The number of halogens is 1. The van der Waals surface area contributed by atoms with Gasteiger partial charge in [-0.2, -0.15) is 4.98 Å². The summed E-state index contributed by atoms with van der Waals surface area (Å²) < 4.78 is 32.7. The SMILES string of the molecule is C[C@H](NC(O)OC[C@H]1O[C@@H](n2ccc(N)nc2=O)C(C)(F)[C@@H]1C)C(=O)OCc1ccccc1. The smallest absolute Gasteiger partial charge is 0.351 e. The van der Waals surface area contributed by atoms with Crippen LogP contribution in [0.3, 0.4) is 0 Å². The van der Waals surface area contributed by atoms with E-state index in [1.807, 2.05) is 30.3 Å². The van der Waals surface area contributed by atoms with E-state index in [-0.39, 0.29) is 19.0 Å². The summed E-state index contributed by atoms with van der Waals surface area (Å²) in [5, 5.41) is 12.7. The van der Waals surface area contributed by atoms with Crippen LogP contribution in [0, 0.1) is 5.92 Å². The number of rotatable bonds is 9. The van der Waals surface area contributed by atoms with Crippen LogP contribution in [0.15, 0.2) is 47.4 Å². The zero-order valence-electron chi connectivity index (χ0n) is 18.7. The Balaban J connectivity index is 1.51. The molecule has 3 rings (SSSR count). The molecule has 1 aromatic carbocycles. The van der Waals surface area contributed by atoms with Crippen molar-refractivity contribution in [2.45, 2.75) is 57.8 Å². The first-order valence-electron chi connectivity index (χ1n) is 10.5. The van der Waals surface area contributed by atoms with Gasteiger partial charge in [0.25, 0.3) is 0 Å². The van der Waals surface area contributed by atoms with Crippen molar-refractivity contribution in [3.8, 4) is 0 Å². The Labute approximate surface area is 190 Å². The number of esters is 1. The topological polar surface area (TPSA) is 138 Å². The van der Waals surface area contributed by atoms with Crippen molar-refractivity contribution in [3.63, 3.8) is 0 Å². The molecule has 1 aliphatic rings. The number of anilines is 1. The van der Waals surface area contributed by atoms with Gasteiger partial charge in [-0.3, -0.25) is 14.7 Å². The lowest BCUT2D eigenvalue weighted by Gasteiger charge is -2.25. The van der Waals surface area contributed by atoms with Crippen molar-refractivity contribution in [1.29, 1.82) is 0 Å². The fraction of sp³-hybridized carbons (Fsp3) is 0.500. The lowest BCUT2D eigenvalue weighted by molar-refractivity contribution is -0.167. The van der Waals surface area contributed by atoms with Crippen molar-refractivity contribution in [1.82, 2.24) is 14.9 Å². The fourth-order valence-electron chi connectivity index (χ4n) is 3.50. The number of ether oxygens (including phenoxy) is 3. The number of carbonyl (C=O) groups excluding carboxylic acids is 1. The number of carbonyl (C=O) groups is 1. The summed E-state index contributed by atoms with van der Waals surface area (Å²) in [7, 11) is 0. The third kappa shape index (κ3) is 5.93. The number of hydrogen-bond acceptors (Lipinski definition) is 9. The van der Waals surface area contributed by atoms with Gasteiger partial charge in [-0.25, -0.2) is 9.18 Å². The van der Waals surface area contributed by atoms with Crippen molar-refractivity contribution < 1.29 is 28.5 Å². The third-order valence-electron chi connectivity index (χ3n) is 5.73. The molecule has 4 N–H and O–H groups in total. The predicted molar refractivity (Wildman–Crippen MR) is 116 cm³/mol. The Morgan fingerprint density at radius 2 is 2.09 bits per heavy atom. The molecule has 1 aliphatic heterocycles. The Morgan fingerprint density at radius 1 is 1.39 bits per heavy atom. The summed E-state index contributed by atoms with van der Waals surface area (Å²) >= 11 is 0. The Kier molecular flexibility index (Phi) is 7.80. The lowest BCUT2D eigenvalue weighted by Crippen LogP contribution is -2.44. The molecule has 6 atom stereocenters. The van der Waals surface area contributed by atoms with Gasteiger partial charge in [-0.1, -0.05) is 37.3 Å². The number of aromatic nitrogens is 2. The largest absolute Gasteiger partial charge is 0.460 e. The number of alkyl halides is 1. The van der Waals surface area contributed by atoms with Crippen molar-refractivity contribution in [2.75, 3.05) is 12.3 Å². The van der Waals surface area contributed by atoms with Gasteiger partial charge >= 0.3 is 11.7 Å². The molecule has 0 saturated carbocycles. The molecule has 2 unspecified atom stereocenters. The fourth-order valence-corrected chi connectivity index (χ4v) is 3.50. The molecular weight excluding hydrogens is 435 g/mol. The number of aliphatic hydroxyl groups is 1. The molecule has 10 nitrogen and oxygen atoms in total. The number of nitrogens with two attached hydrogens (primary N) is 1. The summed E-state index contributed by atoms with van der Waals surface area (Å²) in [4.78, 5) is 27.9. The number of nitrogen functional groups attached to an aromatic ring is 1. The highest BCUT2D eigenvalue weighted by Gasteiger charge is 2.53. The second-order valence-electron chi connectivity index (χ2n) is 8.18. The van der Waals surface area contributed by atoms with Gasteiger partial charge in [0.1, 0.15) is 18.5 Å². The predicted octanol–water partition coefficient (Wildman–Crippen LogP) is 1.10. The third-order valence-corrected chi connectivity index (χ3v) is 5.73. The first-order chi connectivity index (χ1) is 15.6. The standard InChI is InChI=1S/C22H29FN4O6/c1-13-16(33-19(22(13,3)23)27-10-9-17(24)26-20(27)29)12-32-21(30)25-14(2)18(28)31-11-15-7-5-4-6-8-15/h4-10,13-14,16,19,21,25,30H,11-12H2,1-3H3,(H2,24,26,29)/t13-,14+,16-,19-,21?,22?/m1/s1. The van der Waals surface area contributed by atoms with E-state index in [9.17, 15) is 14.7 Å². The first-order valence-corrected chi connectivity index (χ1v) is 10.5. The molecule has 1 fully saturated rings. The lowest BCUT2D eigenvalue weighted by atomic mass is 9.90. The number of nitrogens with one attached hydrogen (secondary N) is 1. The Morgan fingerprint density at radius 3 is 2.76 bits per heavy atom. The zero-order valence-corrected chi connectivity index (χ0v) is 18.7. The maximum atomic E-state index is 15.4. The molecular formula is C22H29FN4O6. The molecule has 2 aromatic rings. The molecule has 1 aromatic heterocycles. The highest BCUT2D eigenvalue weighted by Crippen LogP contribution is 2.44. The second-order valence-corrected chi connectivity index (χ2v) is 8.18. The van der Waals surface area contributed by atoms with Crippen molar-refractivity contribution in [3.05, 3.63) is 58.6 Å². The van der Waals surface area contributed by atoms with Crippen LogP contribution in [-0.2, 0) is 25.6 Å². The summed E-state index contributed by atoms with van der Waals surface area (Å²) in [6.45, 7) is 4.38. The molecule has 0 radical (unpaired) electrons. The van der Waals surface area contributed by atoms with E-state index in [0.29, 0.717) is 0 Å². The summed E-state index contributed by atoms with van der Waals surface area (Å²) in [6.07, 6.45) is -2.21. The second kappa shape index (κ2) is 10.4. The minimum atomic E-state index is -1.91. The molecule has 1 saturated heterocycles. The first kappa shape index (κ1) is 24.8. The quantitative estimate of drug-likeness (QED) is 0.368. The van der Waals surface area contributed by atoms with Gasteiger partial charge in [-0.05, 0) is 25.5 Å². The molecule has 0 bridgehead atoms. The van der Waals surface area contributed by atoms with Crippen LogP contribution in [0.2, 0.25) is 0 Å². The minimum absolute atomic E-state index is 0.0216. The Hall–Kier alpha value is -2.86. The van der Waals surface area contributed by atoms with E-state index in [2.05, 4.69) is 10.3 Å². The molecule has 0 aliphatic carbocycles. The van der Waals surface area contributed by atoms with Gasteiger partial charge in [0.15, 0.2) is 11.9 Å². The van der Waals surface area contributed by atoms with E-state index < -0.39 is 48.0 Å². The van der Waals surface area contributed by atoms with Crippen LogP contribution >= 0.6 is 0 Å². The Bertz CT molecular complexity index is 1000. The van der Waals surface area contributed by atoms with Crippen molar-refractivity contribution >= 4 is 11.8 Å². The maximum absolute atomic E-state index is 15.4. The van der Waals surface area contributed by atoms with E-state index in [4.69, 9.17) is 19.9 Å². The summed E-state index contributed by atoms with van der Waals surface area (Å²) in [5.74, 6) is -1.22. The molecule has 2 heterocycles. The van der Waals surface area contributed by atoms with E-state index >= 15 is 4.39 Å². The highest BCUT2D eigenvalue weighted by molar-refractivity contribution is 5.75. The summed E-state index contributed by atoms with van der Waals surface area (Å²) in [5.41, 5.74) is 3.68. The molecule has 0 amide bonds. The highest BCUT2D eigenvalue weighted by atomic mass is 19.1. The minimum Gasteiger partial charge on any atom is -0.460 e. The normalized spacial score (nSPS) is 26.6. The van der Waals surface area contributed by atoms with Crippen LogP contribution in [0.5, 0.6) is 0 Å². The van der Waals surface area contributed by atoms with Crippen LogP contribution in [0.4, 0.5) is 10.2 Å². The van der Waals surface area contributed by atoms with Crippen LogP contribution < -0.4 is 16.7 Å². The van der Waals surface area contributed by atoms with Crippen LogP contribution in [-0.4, -0.2) is 51.5 Å². The average molecular weight is 464 g/mol. The van der Waals surface area contributed by atoms with Crippen molar-refractivity contribution in [2.24, 2.45) is 5.92 Å². The van der Waals surface area contributed by atoms with Gasteiger partial charge < -0.3 is 25.1 Å². The van der Waals surface area contributed by atoms with Crippen LogP contribution in [0.25, 0.3) is 0 Å². The number of nitrogens with zero attached hydrogens (tertiary/aromatic N) is 2. The van der Waals surface area contributed by atoms with E-state index in [1.54, 1.807) is 6.92 Å². The summed E-state index contributed by atoms with van der Waals surface area (Å²) in [6, 6.07) is 9.70. The van der Waals surface area contributed by atoms with Gasteiger partial charge in [0.05, 0.1) is 12.7 Å². The molecule has 0 spiro atoms. The number of benzene rings is 1. The maximum Gasteiger partial charge on any atom is 0.351 e.